The van der Waals surface area contributed by atoms with E-state index in [1.807, 2.05) is 7.05 Å². The van der Waals surface area contributed by atoms with E-state index in [-0.39, 0.29) is 0 Å². The first-order chi connectivity index (χ1) is 9.11. The Kier molecular flexibility index (Phi) is 5.28. The molecule has 2 nitrogen and oxygen atoms in total. The molecule has 0 radical (unpaired) electrons. The van der Waals surface area contributed by atoms with E-state index in [4.69, 9.17) is 0 Å². The van der Waals surface area contributed by atoms with Crippen LogP contribution < -0.4 is 10.2 Å². The number of anilines is 1. The summed E-state index contributed by atoms with van der Waals surface area (Å²) in [4.78, 5) is 2.59. The Labute approximate surface area is 125 Å². The second-order valence-corrected chi connectivity index (χ2v) is 6.78. The summed E-state index contributed by atoms with van der Waals surface area (Å²) in [7, 11) is 1.99. The van der Waals surface area contributed by atoms with Crippen molar-refractivity contribution in [3.8, 4) is 0 Å². The van der Waals surface area contributed by atoms with Crippen molar-refractivity contribution >= 4 is 21.6 Å². The van der Waals surface area contributed by atoms with Crippen LogP contribution in [0, 0.1) is 5.92 Å². The molecule has 1 aliphatic carbocycles. The Balaban J connectivity index is 2.12. The fourth-order valence-corrected chi connectivity index (χ4v) is 3.03. The van der Waals surface area contributed by atoms with Gasteiger partial charge in [0.15, 0.2) is 0 Å². The van der Waals surface area contributed by atoms with E-state index in [2.05, 4.69) is 58.2 Å². The third kappa shape index (κ3) is 4.22. The number of halogens is 1. The molecule has 19 heavy (non-hydrogen) atoms. The van der Waals surface area contributed by atoms with Gasteiger partial charge in [0.2, 0.25) is 0 Å². The van der Waals surface area contributed by atoms with Crippen LogP contribution in [-0.4, -0.2) is 19.6 Å². The smallest absolute Gasteiger partial charge is 0.0513 e. The van der Waals surface area contributed by atoms with Gasteiger partial charge in [-0.1, -0.05) is 19.9 Å². The predicted molar refractivity (Wildman–Crippen MR) is 86.7 cm³/mol. The molecule has 1 saturated carbocycles. The molecule has 0 atom stereocenters. The average Bonchev–Trinajstić information content (AvgIpc) is 3.16. The van der Waals surface area contributed by atoms with Gasteiger partial charge in [-0.3, -0.25) is 0 Å². The van der Waals surface area contributed by atoms with Crippen LogP contribution in [0.15, 0.2) is 22.7 Å². The van der Waals surface area contributed by atoms with Gasteiger partial charge in [-0.2, -0.15) is 0 Å². The van der Waals surface area contributed by atoms with Crippen LogP contribution in [0.4, 0.5) is 5.69 Å². The zero-order valence-electron chi connectivity index (χ0n) is 12.2. The number of hydrogen-bond acceptors (Lipinski definition) is 2. The maximum Gasteiger partial charge on any atom is 0.0513 e. The van der Waals surface area contributed by atoms with Crippen LogP contribution in [-0.2, 0) is 6.54 Å². The first kappa shape index (κ1) is 14.9. The quantitative estimate of drug-likeness (QED) is 0.809. The number of nitrogens with zero attached hydrogens (tertiary/aromatic N) is 1. The first-order valence-electron chi connectivity index (χ1n) is 7.31. The summed E-state index contributed by atoms with van der Waals surface area (Å²) in [5.74, 6) is 0.767. The van der Waals surface area contributed by atoms with Gasteiger partial charge in [-0.25, -0.2) is 0 Å². The Morgan fingerprint density at radius 2 is 2.11 bits per heavy atom. The molecule has 2 rings (SSSR count). The molecule has 1 aromatic carbocycles. The summed E-state index contributed by atoms with van der Waals surface area (Å²) < 4.78 is 1.23. The summed E-state index contributed by atoms with van der Waals surface area (Å²) in [5, 5.41) is 3.20. The van der Waals surface area contributed by atoms with Gasteiger partial charge in [0.1, 0.15) is 0 Å². The van der Waals surface area contributed by atoms with Gasteiger partial charge in [-0.15, -0.1) is 0 Å². The summed E-state index contributed by atoms with van der Waals surface area (Å²) >= 11 is 3.75. The van der Waals surface area contributed by atoms with Gasteiger partial charge < -0.3 is 10.2 Å². The van der Waals surface area contributed by atoms with E-state index >= 15 is 0 Å². The molecular weight excluding hydrogens is 300 g/mol. The highest BCUT2D eigenvalue weighted by atomic mass is 79.9. The lowest BCUT2D eigenvalue weighted by molar-refractivity contribution is 0.570. The lowest BCUT2D eigenvalue weighted by Crippen LogP contribution is -2.28. The fourth-order valence-electron chi connectivity index (χ4n) is 2.38. The molecule has 0 unspecified atom stereocenters. The summed E-state index contributed by atoms with van der Waals surface area (Å²) in [6.45, 7) is 6.70. The van der Waals surface area contributed by atoms with E-state index in [1.165, 1.54) is 41.5 Å². The zero-order chi connectivity index (χ0) is 13.8. The van der Waals surface area contributed by atoms with E-state index in [0.717, 1.165) is 18.5 Å². The standard InChI is InChI=1S/C16H25BrN2/c1-12(2)8-9-19(14-5-6-14)16-7-4-13(11-18-3)10-15(16)17/h4,7,10,12,14,18H,5-6,8-9,11H2,1-3H3. The Morgan fingerprint density at radius 1 is 1.37 bits per heavy atom. The molecule has 0 heterocycles. The molecule has 0 aromatic heterocycles. The molecule has 1 fully saturated rings. The van der Waals surface area contributed by atoms with Gasteiger partial charge >= 0.3 is 0 Å². The minimum Gasteiger partial charge on any atom is -0.368 e. The lowest BCUT2D eigenvalue weighted by atomic mass is 10.1. The molecule has 0 amide bonds. The van der Waals surface area contributed by atoms with Crippen molar-refractivity contribution in [2.24, 2.45) is 5.92 Å². The van der Waals surface area contributed by atoms with Crippen LogP contribution in [0.5, 0.6) is 0 Å². The van der Waals surface area contributed by atoms with Crippen molar-refractivity contribution in [3.05, 3.63) is 28.2 Å². The molecule has 1 N–H and O–H groups in total. The lowest BCUT2D eigenvalue weighted by Gasteiger charge is -2.27. The van der Waals surface area contributed by atoms with Crippen molar-refractivity contribution in [2.45, 2.75) is 45.7 Å². The Hall–Kier alpha value is -0.540. The maximum absolute atomic E-state index is 3.75. The van der Waals surface area contributed by atoms with Crippen molar-refractivity contribution in [1.82, 2.24) is 5.32 Å². The second-order valence-electron chi connectivity index (χ2n) is 5.92. The third-order valence-corrected chi connectivity index (χ3v) is 4.27. The highest BCUT2D eigenvalue weighted by molar-refractivity contribution is 9.10. The van der Waals surface area contributed by atoms with Crippen molar-refractivity contribution in [3.63, 3.8) is 0 Å². The first-order valence-corrected chi connectivity index (χ1v) is 8.10. The molecule has 0 spiro atoms. The van der Waals surface area contributed by atoms with E-state index in [0.29, 0.717) is 0 Å². The molecule has 3 heteroatoms. The van der Waals surface area contributed by atoms with E-state index in [9.17, 15) is 0 Å². The largest absolute Gasteiger partial charge is 0.368 e. The maximum atomic E-state index is 3.75. The van der Waals surface area contributed by atoms with E-state index < -0.39 is 0 Å². The highest BCUT2D eigenvalue weighted by Gasteiger charge is 2.30. The molecule has 1 aromatic rings. The van der Waals surface area contributed by atoms with Gasteiger partial charge in [0.25, 0.3) is 0 Å². The van der Waals surface area contributed by atoms with Gasteiger partial charge in [-0.05, 0) is 65.9 Å². The minimum atomic E-state index is 0.767. The van der Waals surface area contributed by atoms with Gasteiger partial charge in [0.05, 0.1) is 5.69 Å². The Bertz CT molecular complexity index is 413. The Morgan fingerprint density at radius 3 is 2.63 bits per heavy atom. The predicted octanol–water partition coefficient (Wildman–Crippen LogP) is 4.18. The van der Waals surface area contributed by atoms with Crippen LogP contribution >= 0.6 is 15.9 Å². The number of nitrogens with one attached hydrogen (secondary N) is 1. The highest BCUT2D eigenvalue weighted by Crippen LogP contribution is 2.36. The van der Waals surface area contributed by atoms with E-state index in [1.54, 1.807) is 0 Å². The number of benzene rings is 1. The molecule has 0 aliphatic heterocycles. The minimum absolute atomic E-state index is 0.767. The second kappa shape index (κ2) is 6.76. The van der Waals surface area contributed by atoms with Crippen LogP contribution in [0.2, 0.25) is 0 Å². The number of hydrogen-bond donors (Lipinski definition) is 1. The van der Waals surface area contributed by atoms with Crippen LogP contribution in [0.25, 0.3) is 0 Å². The zero-order valence-corrected chi connectivity index (χ0v) is 13.8. The fraction of sp³-hybridized carbons (Fsp3) is 0.625. The molecule has 0 saturated heterocycles. The number of rotatable bonds is 7. The summed E-state index contributed by atoms with van der Waals surface area (Å²) in [5.41, 5.74) is 2.70. The van der Waals surface area contributed by atoms with Gasteiger partial charge in [0, 0.05) is 23.6 Å². The van der Waals surface area contributed by atoms with Crippen LogP contribution in [0.3, 0.4) is 0 Å². The third-order valence-electron chi connectivity index (χ3n) is 3.64. The molecule has 106 valence electrons. The topological polar surface area (TPSA) is 15.3 Å². The summed E-state index contributed by atoms with van der Waals surface area (Å²) in [6.07, 6.45) is 3.97. The molecule has 0 bridgehead atoms. The van der Waals surface area contributed by atoms with Crippen molar-refractivity contribution in [2.75, 3.05) is 18.5 Å². The molecule has 1 aliphatic rings. The average molecular weight is 325 g/mol. The monoisotopic (exact) mass is 324 g/mol. The van der Waals surface area contributed by atoms with Crippen LogP contribution in [0.1, 0.15) is 38.7 Å². The molecular formula is C16H25BrN2. The summed E-state index contributed by atoms with van der Waals surface area (Å²) in [6, 6.07) is 7.53. The van der Waals surface area contributed by atoms with Crippen molar-refractivity contribution in [1.29, 1.82) is 0 Å². The SMILES string of the molecule is CNCc1ccc(N(CCC(C)C)C2CC2)c(Br)c1. The normalized spacial score (nSPS) is 15.0. The van der Waals surface area contributed by atoms with Crippen molar-refractivity contribution < 1.29 is 0 Å².